The molecule has 0 amide bonds. The lowest BCUT2D eigenvalue weighted by Gasteiger charge is -2.18. The maximum atomic E-state index is 11.5. The first kappa shape index (κ1) is 16.5. The SMILES string of the molecule is Cc1ccn(-c2ccccc2N[C@H](C)c2ccc([S@](C)=O)cc2)n1. The van der Waals surface area contributed by atoms with Crippen LogP contribution in [0.2, 0.25) is 0 Å². The molecule has 0 bridgehead atoms. The van der Waals surface area contributed by atoms with Gasteiger partial charge in [0.05, 0.1) is 17.1 Å². The van der Waals surface area contributed by atoms with E-state index in [1.165, 1.54) is 0 Å². The molecule has 0 fully saturated rings. The summed E-state index contributed by atoms with van der Waals surface area (Å²) in [6, 6.07) is 18.1. The zero-order chi connectivity index (χ0) is 17.1. The number of rotatable bonds is 5. The summed E-state index contributed by atoms with van der Waals surface area (Å²) in [5.74, 6) is 0. The van der Waals surface area contributed by atoms with E-state index < -0.39 is 10.8 Å². The maximum Gasteiger partial charge on any atom is 0.0877 e. The molecule has 3 aromatic rings. The second kappa shape index (κ2) is 7.01. The van der Waals surface area contributed by atoms with Gasteiger partial charge in [-0.3, -0.25) is 4.21 Å². The van der Waals surface area contributed by atoms with Crippen LogP contribution in [0, 0.1) is 6.92 Å². The molecule has 4 nitrogen and oxygen atoms in total. The van der Waals surface area contributed by atoms with E-state index in [0.29, 0.717) is 0 Å². The maximum absolute atomic E-state index is 11.5. The average molecular weight is 339 g/mol. The van der Waals surface area contributed by atoms with Gasteiger partial charge in [0, 0.05) is 34.2 Å². The highest BCUT2D eigenvalue weighted by Gasteiger charge is 2.10. The smallest absolute Gasteiger partial charge is 0.0877 e. The van der Waals surface area contributed by atoms with Crippen molar-refractivity contribution in [1.29, 1.82) is 0 Å². The van der Waals surface area contributed by atoms with Crippen LogP contribution in [0.5, 0.6) is 0 Å². The third-order valence-corrected chi connectivity index (χ3v) is 4.89. The molecule has 2 atom stereocenters. The van der Waals surface area contributed by atoms with Crippen molar-refractivity contribution in [2.75, 3.05) is 11.6 Å². The summed E-state index contributed by atoms with van der Waals surface area (Å²) < 4.78 is 13.4. The minimum Gasteiger partial charge on any atom is -0.377 e. The summed E-state index contributed by atoms with van der Waals surface area (Å²) in [5.41, 5.74) is 4.18. The van der Waals surface area contributed by atoms with E-state index in [9.17, 15) is 4.21 Å². The number of aryl methyl sites for hydroxylation is 1. The highest BCUT2D eigenvalue weighted by molar-refractivity contribution is 7.84. The number of hydrogen-bond donors (Lipinski definition) is 1. The molecule has 0 radical (unpaired) electrons. The molecule has 0 aliphatic carbocycles. The van der Waals surface area contributed by atoms with E-state index in [4.69, 9.17) is 0 Å². The van der Waals surface area contributed by atoms with Crippen LogP contribution in [0.25, 0.3) is 5.69 Å². The number of aromatic nitrogens is 2. The lowest BCUT2D eigenvalue weighted by Crippen LogP contribution is -2.09. The molecule has 24 heavy (non-hydrogen) atoms. The van der Waals surface area contributed by atoms with Crippen molar-refractivity contribution in [2.24, 2.45) is 0 Å². The summed E-state index contributed by atoms with van der Waals surface area (Å²) in [4.78, 5) is 0.846. The zero-order valence-corrected chi connectivity index (χ0v) is 14.9. The van der Waals surface area contributed by atoms with Gasteiger partial charge in [0.25, 0.3) is 0 Å². The van der Waals surface area contributed by atoms with Crippen molar-refractivity contribution in [3.05, 3.63) is 72.1 Å². The molecule has 0 saturated carbocycles. The van der Waals surface area contributed by atoms with Crippen LogP contribution in [0.4, 0.5) is 5.69 Å². The van der Waals surface area contributed by atoms with Gasteiger partial charge in [-0.15, -0.1) is 0 Å². The van der Waals surface area contributed by atoms with Crippen LogP contribution < -0.4 is 5.32 Å². The average Bonchev–Trinajstić information content (AvgIpc) is 3.01. The fourth-order valence-electron chi connectivity index (χ4n) is 2.61. The van der Waals surface area contributed by atoms with Crippen LogP contribution in [-0.2, 0) is 10.8 Å². The van der Waals surface area contributed by atoms with E-state index in [0.717, 1.165) is 27.5 Å². The van der Waals surface area contributed by atoms with Crippen LogP contribution in [0.3, 0.4) is 0 Å². The number of anilines is 1. The Morgan fingerprint density at radius 2 is 1.79 bits per heavy atom. The van der Waals surface area contributed by atoms with Gasteiger partial charge in [-0.05, 0) is 49.7 Å². The standard InChI is InChI=1S/C19H21N3OS/c1-14-12-13-22(21-14)19-7-5-4-6-18(19)20-15(2)16-8-10-17(11-9-16)24(3)23/h4-13,15,20H,1-3H3/t15-,24+/m1/s1. The molecule has 0 spiro atoms. The topological polar surface area (TPSA) is 46.9 Å². The summed E-state index contributed by atoms with van der Waals surface area (Å²) in [7, 11) is -0.947. The van der Waals surface area contributed by atoms with Crippen molar-refractivity contribution in [3.63, 3.8) is 0 Å². The number of nitrogens with one attached hydrogen (secondary N) is 1. The third kappa shape index (κ3) is 3.57. The van der Waals surface area contributed by atoms with Gasteiger partial charge in [-0.25, -0.2) is 4.68 Å². The quantitative estimate of drug-likeness (QED) is 0.761. The summed E-state index contributed by atoms with van der Waals surface area (Å²) in [6.45, 7) is 4.09. The van der Waals surface area contributed by atoms with Crippen LogP contribution in [-0.4, -0.2) is 20.2 Å². The Balaban J connectivity index is 1.84. The molecule has 124 valence electrons. The second-order valence-corrected chi connectivity index (χ2v) is 7.19. The molecular weight excluding hydrogens is 318 g/mol. The molecule has 5 heteroatoms. The molecule has 0 aliphatic rings. The Hall–Kier alpha value is -2.40. The van der Waals surface area contributed by atoms with Crippen molar-refractivity contribution in [1.82, 2.24) is 9.78 Å². The first-order valence-corrected chi connectivity index (χ1v) is 9.42. The Morgan fingerprint density at radius 3 is 2.42 bits per heavy atom. The van der Waals surface area contributed by atoms with Gasteiger partial charge >= 0.3 is 0 Å². The van der Waals surface area contributed by atoms with Crippen LogP contribution in [0.1, 0.15) is 24.2 Å². The highest BCUT2D eigenvalue weighted by Crippen LogP contribution is 2.25. The number of para-hydroxylation sites is 2. The predicted octanol–water partition coefficient (Wildman–Crippen LogP) is 4.09. The largest absolute Gasteiger partial charge is 0.377 e. The Bertz CT molecular complexity index is 855. The number of nitrogens with zero attached hydrogens (tertiary/aromatic N) is 2. The second-order valence-electron chi connectivity index (χ2n) is 5.81. The van der Waals surface area contributed by atoms with Gasteiger partial charge in [-0.2, -0.15) is 5.10 Å². The first-order valence-electron chi connectivity index (χ1n) is 7.86. The minimum absolute atomic E-state index is 0.127. The van der Waals surface area contributed by atoms with E-state index in [1.54, 1.807) is 6.26 Å². The van der Waals surface area contributed by atoms with Gasteiger partial charge in [0.15, 0.2) is 0 Å². The summed E-state index contributed by atoms with van der Waals surface area (Å²) in [5, 5.41) is 8.04. The molecule has 2 aromatic carbocycles. The zero-order valence-electron chi connectivity index (χ0n) is 14.1. The minimum atomic E-state index is -0.947. The van der Waals surface area contributed by atoms with E-state index in [2.05, 4.69) is 23.4 Å². The molecule has 0 saturated heterocycles. The van der Waals surface area contributed by atoms with Gasteiger partial charge in [0.2, 0.25) is 0 Å². The Morgan fingerprint density at radius 1 is 1.08 bits per heavy atom. The van der Waals surface area contributed by atoms with Crippen molar-refractivity contribution < 1.29 is 4.21 Å². The molecule has 1 heterocycles. The molecule has 1 aromatic heterocycles. The van der Waals surface area contributed by atoms with Crippen LogP contribution in [0.15, 0.2) is 65.7 Å². The summed E-state index contributed by atoms with van der Waals surface area (Å²) in [6.07, 6.45) is 3.66. The van der Waals surface area contributed by atoms with Gasteiger partial charge in [-0.1, -0.05) is 24.3 Å². The fraction of sp³-hybridized carbons (Fsp3) is 0.211. The number of benzene rings is 2. The molecule has 3 rings (SSSR count). The Labute approximate surface area is 145 Å². The van der Waals surface area contributed by atoms with Crippen LogP contribution >= 0.6 is 0 Å². The van der Waals surface area contributed by atoms with E-state index >= 15 is 0 Å². The van der Waals surface area contributed by atoms with Crippen molar-refractivity contribution >= 4 is 16.5 Å². The van der Waals surface area contributed by atoms with E-state index in [-0.39, 0.29) is 6.04 Å². The van der Waals surface area contributed by atoms with Crippen molar-refractivity contribution in [2.45, 2.75) is 24.8 Å². The lowest BCUT2D eigenvalue weighted by molar-refractivity contribution is 0.686. The van der Waals surface area contributed by atoms with Gasteiger partial charge < -0.3 is 5.32 Å². The third-order valence-electron chi connectivity index (χ3n) is 3.96. The Kier molecular flexibility index (Phi) is 4.81. The lowest BCUT2D eigenvalue weighted by atomic mass is 10.1. The monoisotopic (exact) mass is 339 g/mol. The molecule has 0 unspecified atom stereocenters. The molecule has 0 aliphatic heterocycles. The van der Waals surface area contributed by atoms with E-state index in [1.807, 2.05) is 66.3 Å². The first-order chi connectivity index (χ1) is 11.5. The normalized spacial score (nSPS) is 13.5. The summed E-state index contributed by atoms with van der Waals surface area (Å²) >= 11 is 0. The molecular formula is C19H21N3OS. The number of hydrogen-bond acceptors (Lipinski definition) is 3. The predicted molar refractivity (Wildman–Crippen MR) is 99.1 cm³/mol. The fourth-order valence-corrected chi connectivity index (χ4v) is 3.13. The molecule has 1 N–H and O–H groups in total. The highest BCUT2D eigenvalue weighted by atomic mass is 32.2. The van der Waals surface area contributed by atoms with Crippen molar-refractivity contribution in [3.8, 4) is 5.69 Å². The van der Waals surface area contributed by atoms with Gasteiger partial charge in [0.1, 0.15) is 0 Å².